The first-order valence-corrected chi connectivity index (χ1v) is 7.83. The Kier molecular flexibility index (Phi) is 6.72. The molecule has 1 rings (SSSR count). The summed E-state index contributed by atoms with van der Waals surface area (Å²) in [5.74, 6) is -41.9. The molecule has 0 spiro atoms. The highest BCUT2D eigenvalue weighted by atomic mass is 32.1. The minimum Gasteiger partial charge on any atom is -0.465 e. The summed E-state index contributed by atoms with van der Waals surface area (Å²) in [6, 6.07) is 0.626. The van der Waals surface area contributed by atoms with Gasteiger partial charge in [0.05, 0.1) is 12.8 Å². The summed E-state index contributed by atoms with van der Waals surface area (Å²) < 4.78 is 161. The molecule has 0 atom stereocenters. The first-order valence-electron chi connectivity index (χ1n) is 6.95. The van der Waals surface area contributed by atoms with Crippen LogP contribution in [0.15, 0.2) is 11.4 Å². The number of alkyl halides is 12. The summed E-state index contributed by atoms with van der Waals surface area (Å²) in [6.45, 7) is 0. The molecule has 0 aromatic carbocycles. The van der Waals surface area contributed by atoms with Crippen LogP contribution in [-0.4, -0.2) is 55.0 Å². The van der Waals surface area contributed by atoms with Crippen molar-refractivity contribution < 1.29 is 67.0 Å². The number of anilines is 1. The number of esters is 1. The molecule has 0 fully saturated rings. The summed E-state index contributed by atoms with van der Waals surface area (Å²) in [4.78, 5) is 22.0. The highest BCUT2D eigenvalue weighted by molar-refractivity contribution is 7.12. The summed E-state index contributed by atoms with van der Waals surface area (Å²) in [7, 11) is 0.766. The van der Waals surface area contributed by atoms with E-state index < -0.39 is 58.5 Å². The average Bonchev–Trinajstić information content (AvgIpc) is 3.08. The SMILES string of the molecule is COC(=O)c1sccc1NC(=O)C(F)(F)C(F)(F)C(F)(F)C(F)(F)C(F)(F)C(F)F. The quantitative estimate of drug-likeness (QED) is 0.421. The van der Waals surface area contributed by atoms with Crippen LogP contribution in [0.5, 0.6) is 0 Å². The molecule has 0 bridgehead atoms. The molecule has 0 aliphatic rings. The predicted molar refractivity (Wildman–Crippen MR) is 75.0 cm³/mol. The lowest BCUT2D eigenvalue weighted by Gasteiger charge is -2.38. The lowest BCUT2D eigenvalue weighted by Crippen LogP contribution is -2.70. The van der Waals surface area contributed by atoms with Crippen LogP contribution in [0.25, 0.3) is 0 Å². The molecule has 0 aliphatic heterocycles. The predicted octanol–water partition coefficient (Wildman–Crippen LogP) is 4.91. The first kappa shape index (κ1) is 25.8. The highest BCUT2D eigenvalue weighted by Crippen LogP contribution is 2.58. The topological polar surface area (TPSA) is 55.4 Å². The second kappa shape index (κ2) is 7.81. The van der Waals surface area contributed by atoms with Crippen molar-refractivity contribution in [3.63, 3.8) is 0 Å². The third-order valence-electron chi connectivity index (χ3n) is 3.45. The minimum absolute atomic E-state index is 0.386. The molecular formula is C13H7F12NO3S. The number of methoxy groups -OCH3 is 1. The molecule has 1 aromatic rings. The summed E-state index contributed by atoms with van der Waals surface area (Å²) in [6.07, 6.45) is -5.65. The molecule has 4 nitrogen and oxygen atoms in total. The van der Waals surface area contributed by atoms with E-state index in [2.05, 4.69) is 4.74 Å². The van der Waals surface area contributed by atoms with Crippen LogP contribution in [0.2, 0.25) is 0 Å². The van der Waals surface area contributed by atoms with Crippen molar-refractivity contribution in [2.45, 2.75) is 36.0 Å². The van der Waals surface area contributed by atoms with Gasteiger partial charge in [-0.1, -0.05) is 0 Å². The highest BCUT2D eigenvalue weighted by Gasteiger charge is 2.89. The third kappa shape index (κ3) is 3.66. The van der Waals surface area contributed by atoms with Crippen molar-refractivity contribution in [1.82, 2.24) is 0 Å². The van der Waals surface area contributed by atoms with Crippen LogP contribution in [0.3, 0.4) is 0 Å². The van der Waals surface area contributed by atoms with Crippen molar-refractivity contribution in [3.8, 4) is 0 Å². The fourth-order valence-corrected chi connectivity index (χ4v) is 2.51. The molecule has 1 N–H and O–H groups in total. The molecule has 0 aliphatic carbocycles. The molecular weight excluding hydrogens is 478 g/mol. The summed E-state index contributed by atoms with van der Waals surface area (Å²) in [5, 5.41) is 1.77. The smallest absolute Gasteiger partial charge is 0.393 e. The number of halogens is 12. The van der Waals surface area contributed by atoms with Gasteiger partial charge in [-0.25, -0.2) is 13.6 Å². The van der Waals surface area contributed by atoms with Crippen LogP contribution in [0.1, 0.15) is 9.67 Å². The van der Waals surface area contributed by atoms with Crippen molar-refractivity contribution in [3.05, 3.63) is 16.3 Å². The number of carbonyl (C=O) groups excluding carboxylic acids is 2. The Morgan fingerprint density at radius 1 is 0.933 bits per heavy atom. The van der Waals surface area contributed by atoms with E-state index in [0.717, 1.165) is 17.8 Å². The second-order valence-electron chi connectivity index (χ2n) is 5.33. The van der Waals surface area contributed by atoms with Crippen LogP contribution in [0, 0.1) is 0 Å². The van der Waals surface area contributed by atoms with Gasteiger partial charge in [0.2, 0.25) is 0 Å². The first-order chi connectivity index (χ1) is 13.3. The van der Waals surface area contributed by atoms with E-state index in [1.54, 1.807) is 0 Å². The number of nitrogens with one attached hydrogen (secondary N) is 1. The van der Waals surface area contributed by atoms with Gasteiger partial charge in [0, 0.05) is 0 Å². The maximum Gasteiger partial charge on any atom is 0.393 e. The van der Waals surface area contributed by atoms with Crippen molar-refractivity contribution in [2.24, 2.45) is 0 Å². The Labute approximate surface area is 161 Å². The standard InChI is InChI=1S/C13H7F12NO3S/c1-29-6(27)5-4(2-3-30-5)26-8(28)10(18,19)12(22,23)13(24,25)11(20,21)9(16,17)7(14)15/h2-3,7H,1H3,(H,26,28). The maximum absolute atomic E-state index is 13.7. The number of ether oxygens (including phenoxy) is 1. The molecule has 0 unspecified atom stereocenters. The zero-order valence-corrected chi connectivity index (χ0v) is 14.7. The van der Waals surface area contributed by atoms with E-state index in [4.69, 9.17) is 0 Å². The molecule has 1 heterocycles. The molecule has 0 saturated carbocycles. The maximum atomic E-state index is 13.7. The molecule has 1 aromatic heterocycles. The van der Waals surface area contributed by atoms with E-state index in [9.17, 15) is 62.3 Å². The van der Waals surface area contributed by atoms with Gasteiger partial charge >= 0.3 is 47.9 Å². The molecule has 0 radical (unpaired) electrons. The fourth-order valence-electron chi connectivity index (χ4n) is 1.74. The van der Waals surface area contributed by atoms with Gasteiger partial charge in [-0.05, 0) is 11.4 Å². The lowest BCUT2D eigenvalue weighted by atomic mass is 9.94. The largest absolute Gasteiger partial charge is 0.465 e. The number of hydrogen-bond acceptors (Lipinski definition) is 4. The Morgan fingerprint density at radius 3 is 1.87 bits per heavy atom. The van der Waals surface area contributed by atoms with Crippen molar-refractivity contribution in [1.29, 1.82) is 0 Å². The zero-order chi connectivity index (χ0) is 23.9. The number of hydrogen-bond donors (Lipinski definition) is 1. The Balaban J connectivity index is 3.37. The van der Waals surface area contributed by atoms with Gasteiger partial charge in [0.15, 0.2) is 0 Å². The van der Waals surface area contributed by atoms with Crippen molar-refractivity contribution >= 4 is 28.9 Å². The number of carbonyl (C=O) groups is 2. The summed E-state index contributed by atoms with van der Waals surface area (Å²) >= 11 is 0.386. The number of rotatable bonds is 8. The van der Waals surface area contributed by atoms with Gasteiger partial charge in [0.25, 0.3) is 0 Å². The molecule has 0 saturated heterocycles. The normalized spacial score (nSPS) is 14.1. The zero-order valence-electron chi connectivity index (χ0n) is 13.9. The van der Waals surface area contributed by atoms with Crippen LogP contribution in [-0.2, 0) is 9.53 Å². The van der Waals surface area contributed by atoms with Gasteiger partial charge < -0.3 is 10.1 Å². The molecule has 30 heavy (non-hydrogen) atoms. The Morgan fingerprint density at radius 2 is 1.43 bits per heavy atom. The average molecular weight is 485 g/mol. The van der Waals surface area contributed by atoms with Crippen LogP contribution < -0.4 is 5.32 Å². The number of amides is 1. The molecule has 172 valence electrons. The van der Waals surface area contributed by atoms with E-state index in [-0.39, 0.29) is 0 Å². The van der Waals surface area contributed by atoms with Crippen LogP contribution in [0.4, 0.5) is 58.4 Å². The summed E-state index contributed by atoms with van der Waals surface area (Å²) in [5.41, 5.74) is -1.000. The van der Waals surface area contributed by atoms with E-state index in [1.165, 1.54) is 0 Å². The van der Waals surface area contributed by atoms with Gasteiger partial charge in [-0.3, -0.25) is 4.79 Å². The van der Waals surface area contributed by atoms with Crippen LogP contribution >= 0.6 is 11.3 Å². The van der Waals surface area contributed by atoms with E-state index in [0.29, 0.717) is 17.4 Å². The fraction of sp³-hybridized carbons (Fsp3) is 0.538. The lowest BCUT2D eigenvalue weighted by molar-refractivity contribution is -0.406. The minimum atomic E-state index is -7.83. The van der Waals surface area contributed by atoms with Crippen molar-refractivity contribution in [2.75, 3.05) is 12.4 Å². The number of thiophene rings is 1. The Bertz CT molecular complexity index is 807. The molecule has 1 amide bonds. The molecule has 17 heteroatoms. The van der Waals surface area contributed by atoms with Gasteiger partial charge in [0.1, 0.15) is 4.88 Å². The van der Waals surface area contributed by atoms with Gasteiger partial charge in [-0.2, -0.15) is 43.9 Å². The second-order valence-corrected chi connectivity index (χ2v) is 6.25. The van der Waals surface area contributed by atoms with Gasteiger partial charge in [-0.15, -0.1) is 11.3 Å². The Hall–Kier alpha value is -2.20. The van der Waals surface area contributed by atoms with E-state index in [1.807, 2.05) is 0 Å². The third-order valence-corrected chi connectivity index (χ3v) is 4.34. The monoisotopic (exact) mass is 485 g/mol. The van der Waals surface area contributed by atoms with E-state index >= 15 is 0 Å².